The Morgan fingerprint density at radius 3 is 2.54 bits per heavy atom. The van der Waals surface area contributed by atoms with Crippen LogP contribution in [0, 0.1) is 0 Å². The van der Waals surface area contributed by atoms with Crippen LogP contribution in [-0.4, -0.2) is 42.2 Å². The average Bonchev–Trinajstić information content (AvgIpc) is 2.59. The van der Waals surface area contributed by atoms with E-state index in [1.165, 1.54) is 0 Å². The van der Waals surface area contributed by atoms with Crippen molar-refractivity contribution < 1.29 is 18.7 Å². The molecule has 0 radical (unpaired) electrons. The van der Waals surface area contributed by atoms with Crippen molar-refractivity contribution in [3.63, 3.8) is 0 Å². The Hall–Kier alpha value is -2.15. The van der Waals surface area contributed by atoms with E-state index in [1.807, 2.05) is 38.1 Å². The second kappa shape index (κ2) is 9.37. The van der Waals surface area contributed by atoms with Crippen molar-refractivity contribution in [1.29, 1.82) is 0 Å². The summed E-state index contributed by atoms with van der Waals surface area (Å²) in [6.07, 6.45) is 2.55. The molecule has 1 aromatic rings. The molecule has 1 aromatic carbocycles. The second-order valence-corrected chi connectivity index (χ2v) is 8.41. The molecule has 0 aromatic heterocycles. The normalized spacial score (nSPS) is 23.8. The maximum Gasteiger partial charge on any atom is 0.237 e. The number of amides is 2. The minimum Gasteiger partial charge on any atom is -0.494 e. The third-order valence-electron chi connectivity index (χ3n) is 5.05. The van der Waals surface area contributed by atoms with Gasteiger partial charge >= 0.3 is 0 Å². The maximum absolute atomic E-state index is 12.4. The van der Waals surface area contributed by atoms with Crippen molar-refractivity contribution in [3.05, 3.63) is 29.8 Å². The lowest BCUT2D eigenvalue weighted by Crippen LogP contribution is -2.67. The molecule has 0 spiro atoms. The van der Waals surface area contributed by atoms with Gasteiger partial charge in [-0.05, 0) is 57.7 Å². The van der Waals surface area contributed by atoms with E-state index in [0.29, 0.717) is 38.0 Å². The van der Waals surface area contributed by atoms with E-state index in [2.05, 4.69) is 10.6 Å². The zero-order valence-electron chi connectivity index (χ0n) is 17.0. The molecule has 7 heteroatoms. The number of alkyl halides is 1. The molecule has 6 nitrogen and oxygen atoms in total. The first kappa shape index (κ1) is 22.1. The molecular weight excluding hydrogens is 361 g/mol. The van der Waals surface area contributed by atoms with E-state index in [-0.39, 0.29) is 24.2 Å². The van der Waals surface area contributed by atoms with Gasteiger partial charge < -0.3 is 15.8 Å². The van der Waals surface area contributed by atoms with Gasteiger partial charge in [-0.3, -0.25) is 19.3 Å². The van der Waals surface area contributed by atoms with E-state index in [1.54, 1.807) is 6.92 Å². The number of nitrogens with two attached hydrogens (primary N) is 1. The van der Waals surface area contributed by atoms with Crippen LogP contribution in [0.15, 0.2) is 24.3 Å². The Morgan fingerprint density at radius 2 is 1.93 bits per heavy atom. The number of carbonyl (C=O) groups excluding carboxylic acids is 2. The summed E-state index contributed by atoms with van der Waals surface area (Å²) in [6, 6.07) is 7.39. The lowest BCUT2D eigenvalue weighted by atomic mass is 9.78. The maximum atomic E-state index is 12.4. The highest BCUT2D eigenvalue weighted by Crippen LogP contribution is 2.29. The van der Waals surface area contributed by atoms with Gasteiger partial charge in [0.1, 0.15) is 5.75 Å². The monoisotopic (exact) mass is 393 g/mol. The number of hydrogen-bond acceptors (Lipinski definition) is 4. The molecule has 2 rings (SSSR count). The molecule has 2 atom stereocenters. The zero-order valence-corrected chi connectivity index (χ0v) is 17.0. The zero-order chi connectivity index (χ0) is 20.8. The number of carbonyl (C=O) groups is 2. The minimum absolute atomic E-state index is 0.0437. The van der Waals surface area contributed by atoms with Crippen LogP contribution in [0.4, 0.5) is 4.39 Å². The number of rotatable bonds is 9. The van der Waals surface area contributed by atoms with Crippen LogP contribution in [0.25, 0.3) is 0 Å². The number of piperidine rings is 1. The SMILES string of the molecule is CC1(C)CC(NC(=O)CCc2ccc(OCCCF)cc2)C[C@@](C)(C(N)=O)N1. The molecule has 0 bridgehead atoms. The highest BCUT2D eigenvalue weighted by molar-refractivity contribution is 5.85. The van der Waals surface area contributed by atoms with Gasteiger partial charge in [0.05, 0.1) is 18.8 Å². The van der Waals surface area contributed by atoms with Crippen LogP contribution < -0.4 is 21.1 Å². The number of aryl methyl sites for hydroxylation is 1. The average molecular weight is 394 g/mol. The largest absolute Gasteiger partial charge is 0.494 e. The third kappa shape index (κ3) is 6.48. The molecule has 1 unspecified atom stereocenters. The Balaban J connectivity index is 1.84. The summed E-state index contributed by atoms with van der Waals surface area (Å²) in [5.41, 5.74) is 5.46. The number of primary amides is 1. The fraction of sp³-hybridized carbons (Fsp3) is 0.619. The van der Waals surface area contributed by atoms with Crippen molar-refractivity contribution in [2.45, 2.75) is 70.0 Å². The molecule has 28 heavy (non-hydrogen) atoms. The highest BCUT2D eigenvalue weighted by Gasteiger charge is 2.44. The standard InChI is InChI=1S/C21H32FN3O3/c1-20(2)13-16(14-21(3,25-20)19(23)27)24-18(26)10-7-15-5-8-17(9-6-15)28-12-4-11-22/h5-6,8-9,16,25H,4,7,10-14H2,1-3H3,(H2,23,27)(H,24,26)/t16?,21-/m0/s1. The fourth-order valence-electron chi connectivity index (χ4n) is 3.85. The highest BCUT2D eigenvalue weighted by atomic mass is 19.1. The Kier molecular flexibility index (Phi) is 7.41. The number of ether oxygens (including phenoxy) is 1. The predicted octanol–water partition coefficient (Wildman–Crippen LogP) is 2.25. The molecular formula is C21H32FN3O3. The third-order valence-corrected chi connectivity index (χ3v) is 5.05. The summed E-state index contributed by atoms with van der Waals surface area (Å²) < 4.78 is 17.5. The molecule has 1 saturated heterocycles. The van der Waals surface area contributed by atoms with Crippen LogP contribution in [-0.2, 0) is 16.0 Å². The number of benzene rings is 1. The molecule has 1 aliphatic heterocycles. The van der Waals surface area contributed by atoms with Crippen molar-refractivity contribution in [1.82, 2.24) is 10.6 Å². The molecule has 0 aliphatic carbocycles. The summed E-state index contributed by atoms with van der Waals surface area (Å²) in [5, 5.41) is 6.35. The van der Waals surface area contributed by atoms with Crippen LogP contribution in [0.3, 0.4) is 0 Å². The molecule has 2 amide bonds. The van der Waals surface area contributed by atoms with Crippen LogP contribution in [0.5, 0.6) is 5.75 Å². The van der Waals surface area contributed by atoms with E-state index >= 15 is 0 Å². The lowest BCUT2D eigenvalue weighted by Gasteiger charge is -2.46. The summed E-state index contributed by atoms with van der Waals surface area (Å²) >= 11 is 0. The van der Waals surface area contributed by atoms with Crippen LogP contribution in [0.2, 0.25) is 0 Å². The topological polar surface area (TPSA) is 93.4 Å². The number of hydrogen-bond donors (Lipinski definition) is 3. The summed E-state index contributed by atoms with van der Waals surface area (Å²) in [6.45, 7) is 5.76. The van der Waals surface area contributed by atoms with Gasteiger partial charge in [-0.15, -0.1) is 0 Å². The van der Waals surface area contributed by atoms with Crippen molar-refractivity contribution in [3.8, 4) is 5.75 Å². The Labute approximate surface area is 166 Å². The first-order chi connectivity index (χ1) is 13.1. The molecule has 1 aliphatic rings. The van der Waals surface area contributed by atoms with Gasteiger partial charge in [0, 0.05) is 24.4 Å². The van der Waals surface area contributed by atoms with Gasteiger partial charge in [0.25, 0.3) is 0 Å². The molecule has 1 heterocycles. The molecule has 4 N–H and O–H groups in total. The van der Waals surface area contributed by atoms with E-state index in [9.17, 15) is 14.0 Å². The second-order valence-electron chi connectivity index (χ2n) is 8.41. The predicted molar refractivity (Wildman–Crippen MR) is 107 cm³/mol. The van der Waals surface area contributed by atoms with Gasteiger partial charge in [0.2, 0.25) is 11.8 Å². The Morgan fingerprint density at radius 1 is 1.25 bits per heavy atom. The smallest absolute Gasteiger partial charge is 0.237 e. The number of nitrogens with one attached hydrogen (secondary N) is 2. The van der Waals surface area contributed by atoms with E-state index < -0.39 is 11.4 Å². The fourth-order valence-corrected chi connectivity index (χ4v) is 3.85. The van der Waals surface area contributed by atoms with Crippen LogP contribution >= 0.6 is 0 Å². The van der Waals surface area contributed by atoms with Crippen molar-refractivity contribution in [2.24, 2.45) is 5.73 Å². The van der Waals surface area contributed by atoms with Gasteiger partial charge in [0.15, 0.2) is 0 Å². The summed E-state index contributed by atoms with van der Waals surface area (Å²) in [5.74, 6) is 0.246. The Bertz CT molecular complexity index is 678. The van der Waals surface area contributed by atoms with Gasteiger partial charge in [-0.2, -0.15) is 0 Å². The first-order valence-electron chi connectivity index (χ1n) is 9.80. The number of halogens is 1. The molecule has 156 valence electrons. The van der Waals surface area contributed by atoms with E-state index in [0.717, 1.165) is 12.0 Å². The van der Waals surface area contributed by atoms with Gasteiger partial charge in [-0.1, -0.05) is 12.1 Å². The van der Waals surface area contributed by atoms with E-state index in [4.69, 9.17) is 10.5 Å². The quantitative estimate of drug-likeness (QED) is 0.561. The minimum atomic E-state index is -0.836. The van der Waals surface area contributed by atoms with Gasteiger partial charge in [-0.25, -0.2) is 0 Å². The summed E-state index contributed by atoms with van der Waals surface area (Å²) in [4.78, 5) is 24.2. The first-order valence-corrected chi connectivity index (χ1v) is 9.80. The van der Waals surface area contributed by atoms with Crippen LogP contribution in [0.1, 0.15) is 52.0 Å². The summed E-state index contributed by atoms with van der Waals surface area (Å²) in [7, 11) is 0. The molecule has 1 fully saturated rings. The van der Waals surface area contributed by atoms with Crippen molar-refractivity contribution in [2.75, 3.05) is 13.3 Å². The van der Waals surface area contributed by atoms with Crippen molar-refractivity contribution >= 4 is 11.8 Å². The molecule has 0 saturated carbocycles. The lowest BCUT2D eigenvalue weighted by molar-refractivity contribution is -0.128.